The third kappa shape index (κ3) is 2.02. The van der Waals surface area contributed by atoms with Crippen LogP contribution >= 0.6 is 0 Å². The van der Waals surface area contributed by atoms with Gasteiger partial charge in [-0.25, -0.2) is 13.5 Å². The molecule has 0 bridgehead atoms. The Labute approximate surface area is 96.6 Å². The lowest BCUT2D eigenvalue weighted by Gasteiger charge is -1.98. The fourth-order valence-electron chi connectivity index (χ4n) is 1.19. The van der Waals surface area contributed by atoms with E-state index in [1.807, 2.05) is 0 Å². The molecule has 0 saturated carbocycles. The molecule has 0 fully saturated rings. The lowest BCUT2D eigenvalue weighted by atomic mass is 10.4. The largest absolute Gasteiger partial charge is 0.363 e. The van der Waals surface area contributed by atoms with Crippen molar-refractivity contribution in [3.05, 3.63) is 36.2 Å². The van der Waals surface area contributed by atoms with Gasteiger partial charge in [0, 0.05) is 0 Å². The molecule has 0 atom stereocenters. The second-order valence-corrected chi connectivity index (χ2v) is 5.01. The second kappa shape index (κ2) is 3.98. The van der Waals surface area contributed by atoms with Gasteiger partial charge in [0.2, 0.25) is 20.8 Å². The van der Waals surface area contributed by atoms with Crippen molar-refractivity contribution < 1.29 is 13.2 Å². The Balaban J connectivity index is 2.49. The van der Waals surface area contributed by atoms with E-state index in [9.17, 15) is 13.2 Å². The first-order chi connectivity index (χ1) is 8.01. The van der Waals surface area contributed by atoms with Crippen LogP contribution in [0.1, 0.15) is 10.6 Å². The Kier molecular flexibility index (Phi) is 2.64. The van der Waals surface area contributed by atoms with E-state index in [-0.39, 0.29) is 10.7 Å². The van der Waals surface area contributed by atoms with E-state index in [1.54, 1.807) is 18.2 Å². The summed E-state index contributed by atoms with van der Waals surface area (Å²) in [6.07, 6.45) is 0. The molecule has 0 aliphatic heterocycles. The molecule has 1 aromatic heterocycles. The van der Waals surface area contributed by atoms with E-state index < -0.39 is 20.9 Å². The molecule has 0 radical (unpaired) electrons. The predicted molar refractivity (Wildman–Crippen MR) is 56.8 cm³/mol. The summed E-state index contributed by atoms with van der Waals surface area (Å²) in [7, 11) is -3.79. The average molecular weight is 252 g/mol. The Morgan fingerprint density at radius 3 is 2.41 bits per heavy atom. The maximum Gasteiger partial charge on any atom is 0.288 e. The minimum absolute atomic E-state index is 0.0622. The van der Waals surface area contributed by atoms with Gasteiger partial charge in [-0.1, -0.05) is 18.2 Å². The van der Waals surface area contributed by atoms with Crippen molar-refractivity contribution in [2.24, 2.45) is 5.73 Å². The van der Waals surface area contributed by atoms with Crippen LogP contribution in [0.15, 0.2) is 40.4 Å². The van der Waals surface area contributed by atoms with Gasteiger partial charge in [0.15, 0.2) is 0 Å². The lowest BCUT2D eigenvalue weighted by molar-refractivity contribution is 0.0990. The van der Waals surface area contributed by atoms with Crippen LogP contribution in [-0.2, 0) is 9.84 Å². The van der Waals surface area contributed by atoms with Crippen molar-refractivity contribution in [1.82, 2.24) is 15.2 Å². The monoisotopic (exact) mass is 252 g/mol. The first-order valence-corrected chi connectivity index (χ1v) is 6.02. The van der Waals surface area contributed by atoms with Gasteiger partial charge in [0.1, 0.15) is 0 Å². The number of nitrogens with zero attached hydrogens (tertiary/aromatic N) is 2. The zero-order chi connectivity index (χ0) is 12.5. The minimum atomic E-state index is -3.79. The van der Waals surface area contributed by atoms with Gasteiger partial charge in [-0.05, 0) is 12.1 Å². The maximum atomic E-state index is 12.0. The summed E-state index contributed by atoms with van der Waals surface area (Å²) in [5.74, 6) is -1.25. The van der Waals surface area contributed by atoms with Crippen molar-refractivity contribution in [3.63, 3.8) is 0 Å². The first-order valence-electron chi connectivity index (χ1n) is 4.54. The smallest absolute Gasteiger partial charge is 0.288 e. The number of hydrogen-bond acceptors (Lipinski definition) is 5. The van der Waals surface area contributed by atoms with Crippen LogP contribution < -0.4 is 5.73 Å². The predicted octanol–water partition coefficient (Wildman–Crippen LogP) is -0.264. The molecule has 88 valence electrons. The number of amides is 1. The molecule has 0 saturated heterocycles. The van der Waals surface area contributed by atoms with Crippen LogP contribution in [0.5, 0.6) is 0 Å². The number of rotatable bonds is 3. The summed E-state index contributed by atoms with van der Waals surface area (Å²) in [6.45, 7) is 0. The van der Waals surface area contributed by atoms with Crippen LogP contribution in [0, 0.1) is 0 Å². The van der Waals surface area contributed by atoms with Gasteiger partial charge < -0.3 is 5.73 Å². The highest BCUT2D eigenvalue weighted by Crippen LogP contribution is 2.16. The molecule has 0 aliphatic rings. The average Bonchev–Trinajstić information content (AvgIpc) is 2.80. The van der Waals surface area contributed by atoms with Gasteiger partial charge in [-0.2, -0.15) is 4.98 Å². The molecule has 8 heteroatoms. The molecule has 0 spiro atoms. The van der Waals surface area contributed by atoms with E-state index >= 15 is 0 Å². The van der Waals surface area contributed by atoms with E-state index in [0.29, 0.717) is 0 Å². The minimum Gasteiger partial charge on any atom is -0.363 e. The molecule has 0 aliphatic carbocycles. The highest BCUT2D eigenvalue weighted by Gasteiger charge is 2.23. The first kappa shape index (κ1) is 11.3. The Bertz CT molecular complexity index is 648. The zero-order valence-corrected chi connectivity index (χ0v) is 9.31. The van der Waals surface area contributed by atoms with E-state index in [4.69, 9.17) is 5.73 Å². The van der Waals surface area contributed by atoms with Gasteiger partial charge in [0.25, 0.3) is 5.91 Å². The SMILES string of the molecule is NC(=O)c1n[nH]c(S(=O)(=O)c2ccccc2)n1. The topological polar surface area (TPSA) is 119 Å². The van der Waals surface area contributed by atoms with Gasteiger partial charge in [0.05, 0.1) is 4.90 Å². The number of H-pyrrole nitrogens is 1. The number of aromatic amines is 1. The number of sulfone groups is 1. The molecule has 2 rings (SSSR count). The molecule has 1 amide bonds. The summed E-state index contributed by atoms with van der Waals surface area (Å²) in [5.41, 5.74) is 4.93. The summed E-state index contributed by atoms with van der Waals surface area (Å²) >= 11 is 0. The fourth-order valence-corrected chi connectivity index (χ4v) is 2.30. The van der Waals surface area contributed by atoms with Crippen molar-refractivity contribution in [1.29, 1.82) is 0 Å². The maximum absolute atomic E-state index is 12.0. The number of hydrogen-bond donors (Lipinski definition) is 2. The Morgan fingerprint density at radius 2 is 1.88 bits per heavy atom. The summed E-state index contributed by atoms with van der Waals surface area (Å²) in [4.78, 5) is 14.4. The number of nitrogens with two attached hydrogens (primary N) is 1. The molecule has 2 aromatic rings. The molecule has 1 heterocycles. The number of benzene rings is 1. The number of carbonyl (C=O) groups is 1. The molecular weight excluding hydrogens is 244 g/mol. The van der Waals surface area contributed by atoms with Crippen molar-refractivity contribution in [2.75, 3.05) is 0 Å². The van der Waals surface area contributed by atoms with Crippen LogP contribution in [-0.4, -0.2) is 29.5 Å². The van der Waals surface area contributed by atoms with Crippen molar-refractivity contribution in [2.45, 2.75) is 10.1 Å². The third-order valence-corrected chi connectivity index (χ3v) is 3.58. The standard InChI is InChI=1S/C9H8N4O3S/c10-7(14)8-11-9(13-12-8)17(15,16)6-4-2-1-3-5-6/h1-5H,(H2,10,14)(H,11,12,13). The third-order valence-electron chi connectivity index (χ3n) is 1.99. The summed E-state index contributed by atoms with van der Waals surface area (Å²) < 4.78 is 24.0. The lowest BCUT2D eigenvalue weighted by Crippen LogP contribution is -2.13. The van der Waals surface area contributed by atoms with Crippen LogP contribution in [0.3, 0.4) is 0 Å². The van der Waals surface area contributed by atoms with Crippen molar-refractivity contribution >= 4 is 15.7 Å². The molecule has 17 heavy (non-hydrogen) atoms. The summed E-state index contributed by atoms with van der Waals surface area (Å²) in [6, 6.07) is 7.69. The molecular formula is C9H8N4O3S. The molecule has 3 N–H and O–H groups in total. The number of aromatic nitrogens is 3. The highest BCUT2D eigenvalue weighted by atomic mass is 32.2. The Morgan fingerprint density at radius 1 is 1.24 bits per heavy atom. The van der Waals surface area contributed by atoms with Crippen LogP contribution in [0.2, 0.25) is 0 Å². The van der Waals surface area contributed by atoms with Crippen molar-refractivity contribution in [3.8, 4) is 0 Å². The number of primary amides is 1. The van der Waals surface area contributed by atoms with E-state index in [1.165, 1.54) is 12.1 Å². The van der Waals surface area contributed by atoms with Crippen LogP contribution in [0.25, 0.3) is 0 Å². The van der Waals surface area contributed by atoms with Gasteiger partial charge in [-0.15, -0.1) is 5.10 Å². The van der Waals surface area contributed by atoms with Gasteiger partial charge in [-0.3, -0.25) is 4.79 Å². The number of nitrogens with one attached hydrogen (secondary N) is 1. The number of carbonyl (C=O) groups excluding carboxylic acids is 1. The second-order valence-electron chi connectivity index (χ2n) is 3.14. The van der Waals surface area contributed by atoms with Crippen LogP contribution in [0.4, 0.5) is 0 Å². The Hall–Kier alpha value is -2.22. The quantitative estimate of drug-likeness (QED) is 0.779. The zero-order valence-electron chi connectivity index (χ0n) is 8.49. The normalized spacial score (nSPS) is 11.3. The van der Waals surface area contributed by atoms with E-state index in [2.05, 4.69) is 15.2 Å². The summed E-state index contributed by atoms with van der Waals surface area (Å²) in [5, 5.41) is 5.19. The molecule has 0 unspecified atom stereocenters. The molecule has 1 aromatic carbocycles. The van der Waals surface area contributed by atoms with E-state index in [0.717, 1.165) is 0 Å². The highest BCUT2D eigenvalue weighted by molar-refractivity contribution is 7.91. The fraction of sp³-hybridized carbons (Fsp3) is 0. The van der Waals surface area contributed by atoms with Gasteiger partial charge >= 0.3 is 0 Å². The molecule has 7 nitrogen and oxygen atoms in total.